The SMILES string of the molecule is Bc1cc(C(=O)NCC2CCN(CCN[SH](=O)(P)C3CC3)CC2)cc(C(F)(F)F)c1. The number of amides is 1. The molecule has 1 atom stereocenters. The summed E-state index contributed by atoms with van der Waals surface area (Å²) in [7, 11) is 1.78. The molecule has 1 aromatic rings. The molecule has 1 heterocycles. The van der Waals surface area contributed by atoms with E-state index >= 15 is 0 Å². The summed E-state index contributed by atoms with van der Waals surface area (Å²) < 4.78 is 54.5. The molecule has 1 amide bonds. The maximum Gasteiger partial charge on any atom is 0.416 e. The van der Waals surface area contributed by atoms with Gasteiger partial charge in [0, 0.05) is 30.4 Å². The Bertz CT molecular complexity index is 815. The van der Waals surface area contributed by atoms with Crippen molar-refractivity contribution in [1.82, 2.24) is 14.9 Å². The molecule has 0 spiro atoms. The van der Waals surface area contributed by atoms with Gasteiger partial charge in [-0.3, -0.25) is 13.7 Å². The minimum Gasteiger partial charge on any atom is -0.352 e. The van der Waals surface area contributed by atoms with Crippen LogP contribution in [-0.2, 0) is 15.9 Å². The number of piperidine rings is 1. The number of benzene rings is 1. The normalized spacial score (nSPS) is 19.6. The fraction of sp³-hybridized carbons (Fsp3) is 0.632. The van der Waals surface area contributed by atoms with Gasteiger partial charge in [-0.2, -0.15) is 13.2 Å². The highest BCUT2D eigenvalue weighted by atomic mass is 32.8. The summed E-state index contributed by atoms with van der Waals surface area (Å²) in [6.07, 6.45) is -0.534. The van der Waals surface area contributed by atoms with Crippen molar-refractivity contribution in [3.05, 3.63) is 29.3 Å². The van der Waals surface area contributed by atoms with Crippen LogP contribution < -0.4 is 15.5 Å². The predicted octanol–water partition coefficient (Wildman–Crippen LogP) is 0.879. The van der Waals surface area contributed by atoms with Gasteiger partial charge in [0.25, 0.3) is 5.91 Å². The molecule has 1 aromatic carbocycles. The smallest absolute Gasteiger partial charge is 0.352 e. The fourth-order valence-electron chi connectivity index (χ4n) is 3.80. The molecule has 3 rings (SSSR count). The maximum atomic E-state index is 13.0. The van der Waals surface area contributed by atoms with Gasteiger partial charge in [0.15, 0.2) is 0 Å². The third-order valence-electron chi connectivity index (χ3n) is 5.80. The largest absolute Gasteiger partial charge is 0.416 e. The Hall–Kier alpha value is -0.955. The first kappa shape index (κ1) is 23.7. The highest BCUT2D eigenvalue weighted by molar-refractivity contribution is 8.44. The zero-order chi connectivity index (χ0) is 21.9. The van der Waals surface area contributed by atoms with E-state index in [0.29, 0.717) is 29.7 Å². The lowest BCUT2D eigenvalue weighted by atomic mass is 9.91. The van der Waals surface area contributed by atoms with Gasteiger partial charge in [-0.05, 0) is 60.5 Å². The maximum absolute atomic E-state index is 13.0. The highest BCUT2D eigenvalue weighted by Crippen LogP contribution is 2.36. The van der Waals surface area contributed by atoms with Gasteiger partial charge in [0.2, 0.25) is 0 Å². The van der Waals surface area contributed by atoms with Crippen LogP contribution in [0, 0.1) is 5.92 Å². The molecule has 2 aliphatic rings. The van der Waals surface area contributed by atoms with E-state index in [0.717, 1.165) is 57.5 Å². The van der Waals surface area contributed by atoms with E-state index in [-0.39, 0.29) is 5.56 Å². The van der Waals surface area contributed by atoms with Gasteiger partial charge >= 0.3 is 6.18 Å². The van der Waals surface area contributed by atoms with Gasteiger partial charge in [-0.1, -0.05) is 26.0 Å². The minimum absolute atomic E-state index is 0.0448. The van der Waals surface area contributed by atoms with Crippen LogP contribution in [0.1, 0.15) is 41.6 Å². The third kappa shape index (κ3) is 6.77. The average molecular weight is 463 g/mol. The lowest BCUT2D eigenvalue weighted by Crippen LogP contribution is -2.42. The summed E-state index contributed by atoms with van der Waals surface area (Å²) in [5, 5.41) is 3.13. The zero-order valence-electron chi connectivity index (χ0n) is 17.2. The van der Waals surface area contributed by atoms with E-state index in [1.165, 1.54) is 6.07 Å². The number of likely N-dealkylation sites (tertiary alicyclic amines) is 1. The van der Waals surface area contributed by atoms with Crippen LogP contribution in [0.4, 0.5) is 13.2 Å². The molecule has 2 fully saturated rings. The first-order valence-corrected chi connectivity index (χ1v) is 13.8. The monoisotopic (exact) mass is 463 g/mol. The van der Waals surface area contributed by atoms with Crippen LogP contribution in [0.15, 0.2) is 18.2 Å². The van der Waals surface area contributed by atoms with E-state index < -0.39 is 27.4 Å². The summed E-state index contributed by atoms with van der Waals surface area (Å²) in [5.41, 5.74) is -0.344. The predicted molar refractivity (Wildman–Crippen MR) is 121 cm³/mol. The molecule has 1 unspecified atom stereocenters. The van der Waals surface area contributed by atoms with Gasteiger partial charge < -0.3 is 10.2 Å². The summed E-state index contributed by atoms with van der Waals surface area (Å²) >= 11 is 0. The number of hydrogen-bond acceptors (Lipinski definition) is 3. The zero-order valence-corrected chi connectivity index (χ0v) is 19.2. The standard InChI is InChI=1S/C19H30BF3N3O2PS/c20-16-10-14(9-15(11-16)19(21,22)23)18(27)24-12-13-3-6-26(7-4-13)8-5-25-30(28,29)17-1-2-17/h9-11,13,17,30H,1-8,12,20,29H2,(H,24,27)(H,25,28). The van der Waals surface area contributed by atoms with E-state index in [9.17, 15) is 22.2 Å². The number of carbonyl (C=O) groups is 1. The van der Waals surface area contributed by atoms with Crippen molar-refractivity contribution in [3.8, 4) is 0 Å². The second-order valence-electron chi connectivity index (χ2n) is 8.43. The van der Waals surface area contributed by atoms with Crippen molar-refractivity contribution < 1.29 is 22.2 Å². The number of halogens is 3. The Balaban J connectivity index is 1.40. The van der Waals surface area contributed by atoms with E-state index in [1.807, 2.05) is 0 Å². The lowest BCUT2D eigenvalue weighted by molar-refractivity contribution is -0.137. The van der Waals surface area contributed by atoms with Gasteiger partial charge in [0.1, 0.15) is 7.85 Å². The van der Waals surface area contributed by atoms with Gasteiger partial charge in [-0.25, -0.2) is 0 Å². The first-order chi connectivity index (χ1) is 14.0. The Kier molecular flexibility index (Phi) is 7.64. The van der Waals surface area contributed by atoms with Gasteiger partial charge in [0.05, 0.1) is 5.56 Å². The van der Waals surface area contributed by atoms with Crippen molar-refractivity contribution in [2.45, 2.75) is 37.1 Å². The molecule has 1 saturated carbocycles. The molecule has 1 aliphatic carbocycles. The van der Waals surface area contributed by atoms with Crippen LogP contribution in [0.2, 0.25) is 0 Å². The lowest BCUT2D eigenvalue weighted by Gasteiger charge is -2.32. The van der Waals surface area contributed by atoms with Crippen molar-refractivity contribution in [2.75, 3.05) is 32.7 Å². The van der Waals surface area contributed by atoms with Crippen molar-refractivity contribution in [2.24, 2.45) is 5.92 Å². The molecule has 30 heavy (non-hydrogen) atoms. The molecule has 168 valence electrons. The molecular weight excluding hydrogens is 433 g/mol. The molecule has 0 bridgehead atoms. The average Bonchev–Trinajstić information content (AvgIpc) is 3.52. The van der Waals surface area contributed by atoms with Gasteiger partial charge in [-0.15, -0.1) is 0 Å². The summed E-state index contributed by atoms with van der Waals surface area (Å²) in [5.74, 6) is -0.156. The molecule has 1 aliphatic heterocycles. The molecule has 5 nitrogen and oxygen atoms in total. The van der Waals surface area contributed by atoms with Crippen LogP contribution in [-0.4, -0.2) is 60.8 Å². The number of nitrogens with zero attached hydrogens (tertiary/aromatic N) is 1. The molecular formula is C19H30BF3N3O2PS. The number of alkyl halides is 3. The fourth-order valence-corrected chi connectivity index (χ4v) is 6.71. The van der Waals surface area contributed by atoms with Crippen molar-refractivity contribution in [3.63, 3.8) is 0 Å². The van der Waals surface area contributed by atoms with Crippen LogP contribution in [0.3, 0.4) is 0 Å². The Labute approximate surface area is 179 Å². The molecule has 0 radical (unpaired) electrons. The van der Waals surface area contributed by atoms with Crippen molar-refractivity contribution >= 4 is 37.4 Å². The Morgan fingerprint density at radius 2 is 1.87 bits per heavy atom. The summed E-state index contributed by atoms with van der Waals surface area (Å²) in [6, 6.07) is 3.43. The third-order valence-corrected chi connectivity index (χ3v) is 9.93. The molecule has 2 N–H and O–H groups in total. The number of hydrogen-bond donors (Lipinski definition) is 3. The van der Waals surface area contributed by atoms with Crippen LogP contribution >= 0.6 is 8.44 Å². The summed E-state index contributed by atoms with van der Waals surface area (Å²) in [6.45, 7) is 3.80. The number of rotatable bonds is 8. The quantitative estimate of drug-likeness (QED) is 0.305. The number of carbonyl (C=O) groups excluding carboxylic acids is 1. The molecule has 1 saturated heterocycles. The Morgan fingerprint density at radius 1 is 1.20 bits per heavy atom. The first-order valence-electron chi connectivity index (χ1n) is 10.4. The number of thiol groups is 1. The minimum atomic E-state index is -4.47. The van der Waals surface area contributed by atoms with E-state index in [4.69, 9.17) is 0 Å². The van der Waals surface area contributed by atoms with Crippen LogP contribution in [0.25, 0.3) is 0 Å². The highest BCUT2D eigenvalue weighted by Gasteiger charge is 2.33. The van der Waals surface area contributed by atoms with E-state index in [2.05, 4.69) is 23.4 Å². The summed E-state index contributed by atoms with van der Waals surface area (Å²) in [4.78, 5) is 14.7. The molecule has 11 heteroatoms. The second kappa shape index (κ2) is 9.68. The van der Waals surface area contributed by atoms with E-state index in [1.54, 1.807) is 7.85 Å². The van der Waals surface area contributed by atoms with Crippen molar-refractivity contribution in [1.29, 1.82) is 0 Å². The second-order valence-corrected chi connectivity index (χ2v) is 13.2. The topological polar surface area (TPSA) is 61.4 Å². The number of nitrogens with one attached hydrogen (secondary N) is 2. The van der Waals surface area contributed by atoms with Crippen LogP contribution in [0.5, 0.6) is 0 Å². The molecule has 0 aromatic heterocycles. The Morgan fingerprint density at radius 3 is 2.47 bits per heavy atom.